The molecular formula is C67H57BN2O. The molecule has 20 rings (SSSR count). The highest BCUT2D eigenvalue weighted by Crippen LogP contribution is 2.63. The molecule has 344 valence electrons. The van der Waals surface area contributed by atoms with Crippen LogP contribution in [0, 0.1) is 42.4 Å². The van der Waals surface area contributed by atoms with Gasteiger partial charge in [-0.3, -0.25) is 0 Å². The molecule has 8 saturated carbocycles. The molecule has 4 heterocycles. The van der Waals surface area contributed by atoms with Crippen molar-refractivity contribution in [3.05, 3.63) is 162 Å². The summed E-state index contributed by atoms with van der Waals surface area (Å²) in [7, 11) is 0. The second-order valence-electron chi connectivity index (χ2n) is 25.0. The van der Waals surface area contributed by atoms with Crippen LogP contribution in [0.2, 0.25) is 0 Å². The molecule has 0 amide bonds. The maximum atomic E-state index is 7.34. The van der Waals surface area contributed by atoms with Gasteiger partial charge in [0.25, 0.3) is 0 Å². The summed E-state index contributed by atoms with van der Waals surface area (Å²) >= 11 is 0. The number of fused-ring (bicyclic) bond motifs is 12. The van der Waals surface area contributed by atoms with E-state index in [1.54, 1.807) is 11.1 Å². The summed E-state index contributed by atoms with van der Waals surface area (Å²) in [4.78, 5) is 2.75. The van der Waals surface area contributed by atoms with E-state index in [4.69, 9.17) is 4.42 Å². The van der Waals surface area contributed by atoms with E-state index in [-0.39, 0.29) is 12.3 Å². The third-order valence-electron chi connectivity index (χ3n) is 20.8. The van der Waals surface area contributed by atoms with Crippen LogP contribution < -0.4 is 15.7 Å². The van der Waals surface area contributed by atoms with Crippen molar-refractivity contribution in [2.75, 3.05) is 4.81 Å². The van der Waals surface area contributed by atoms with Gasteiger partial charge in [-0.1, -0.05) is 91.0 Å². The van der Waals surface area contributed by atoms with Gasteiger partial charge in [0.05, 0.1) is 16.7 Å². The number of hydrogen-bond donors (Lipinski definition) is 0. The molecule has 8 bridgehead atoms. The SMILES string of the molecule is Cc1cc2c3c(c1)-n1c4ccc(C56CC7CC(CC(C7)C5)C6)cc4c4cc(C56CC7CC(CC(C7)C5)C6)cc(c41)B3N(c1ccc(-c3ccccc3)cc1)c1c-2ccc2c1oc1cc3ccccc3cc12. The largest absolute Gasteiger partial charge is 0.454 e. The zero-order valence-corrected chi connectivity index (χ0v) is 40.7. The Hall–Kier alpha value is -6.52. The van der Waals surface area contributed by atoms with Crippen LogP contribution in [-0.2, 0) is 10.8 Å². The van der Waals surface area contributed by atoms with Gasteiger partial charge in [-0.15, -0.1) is 0 Å². The number of benzene rings is 8. The molecule has 10 aromatic rings. The van der Waals surface area contributed by atoms with Crippen LogP contribution in [0.1, 0.15) is 93.7 Å². The number of aromatic nitrogens is 1. The Bertz CT molecular complexity index is 3910. The third kappa shape index (κ3) is 5.22. The quantitative estimate of drug-likeness (QED) is 0.164. The minimum absolute atomic E-state index is 0.0654. The van der Waals surface area contributed by atoms with Gasteiger partial charge < -0.3 is 13.8 Å². The lowest BCUT2D eigenvalue weighted by Crippen LogP contribution is -2.61. The van der Waals surface area contributed by atoms with Crippen LogP contribution in [-0.4, -0.2) is 11.4 Å². The molecule has 10 aliphatic rings. The predicted molar refractivity (Wildman–Crippen MR) is 294 cm³/mol. The first-order valence-electron chi connectivity index (χ1n) is 27.5. The molecule has 8 fully saturated rings. The Labute approximate surface area is 416 Å². The summed E-state index contributed by atoms with van der Waals surface area (Å²) in [6, 6.07) is 57.2. The van der Waals surface area contributed by atoms with Gasteiger partial charge in [0.2, 0.25) is 0 Å². The smallest absolute Gasteiger partial charge is 0.333 e. The highest BCUT2D eigenvalue weighted by atomic mass is 16.3. The topological polar surface area (TPSA) is 21.3 Å². The summed E-state index contributed by atoms with van der Waals surface area (Å²) < 4.78 is 10.1. The maximum Gasteiger partial charge on any atom is 0.333 e. The average Bonchev–Trinajstić information content (AvgIpc) is 3.93. The molecule has 8 aliphatic carbocycles. The van der Waals surface area contributed by atoms with E-state index in [1.165, 1.54) is 176 Å². The summed E-state index contributed by atoms with van der Waals surface area (Å²) in [5, 5.41) is 7.79. The Morgan fingerprint density at radius 2 is 1.13 bits per heavy atom. The predicted octanol–water partition coefficient (Wildman–Crippen LogP) is 16.0. The molecule has 71 heavy (non-hydrogen) atoms. The fourth-order valence-corrected chi connectivity index (χ4v) is 18.9. The van der Waals surface area contributed by atoms with Gasteiger partial charge in [-0.05, 0) is 240 Å². The van der Waals surface area contributed by atoms with Crippen molar-refractivity contribution >= 4 is 83.7 Å². The van der Waals surface area contributed by atoms with E-state index in [9.17, 15) is 0 Å². The zero-order valence-electron chi connectivity index (χ0n) is 40.7. The van der Waals surface area contributed by atoms with Crippen molar-refractivity contribution in [2.45, 2.75) is 94.8 Å². The molecule has 0 unspecified atom stereocenters. The number of hydrogen-bond acceptors (Lipinski definition) is 2. The van der Waals surface area contributed by atoms with E-state index in [0.717, 1.165) is 46.7 Å². The lowest BCUT2D eigenvalue weighted by molar-refractivity contribution is -0.00526. The molecule has 8 aromatic carbocycles. The van der Waals surface area contributed by atoms with Crippen LogP contribution in [0.25, 0.3) is 82.5 Å². The molecule has 2 aliphatic heterocycles. The van der Waals surface area contributed by atoms with E-state index in [2.05, 4.69) is 162 Å². The van der Waals surface area contributed by atoms with E-state index < -0.39 is 0 Å². The van der Waals surface area contributed by atoms with Gasteiger partial charge in [0.15, 0.2) is 5.58 Å². The molecule has 0 saturated heterocycles. The second kappa shape index (κ2) is 13.5. The first kappa shape index (κ1) is 39.1. The number of aryl methyl sites for hydroxylation is 1. The third-order valence-corrected chi connectivity index (χ3v) is 20.8. The second-order valence-corrected chi connectivity index (χ2v) is 25.0. The van der Waals surface area contributed by atoms with E-state index >= 15 is 0 Å². The molecule has 3 nitrogen and oxygen atoms in total. The van der Waals surface area contributed by atoms with Crippen molar-refractivity contribution in [1.29, 1.82) is 0 Å². The van der Waals surface area contributed by atoms with Gasteiger partial charge in [0, 0.05) is 38.5 Å². The maximum absolute atomic E-state index is 7.34. The first-order valence-corrected chi connectivity index (χ1v) is 27.5. The highest BCUT2D eigenvalue weighted by molar-refractivity contribution is 6.94. The molecule has 0 N–H and O–H groups in total. The summed E-state index contributed by atoms with van der Waals surface area (Å²) in [5.41, 5.74) is 21.6. The number of rotatable bonds is 4. The van der Waals surface area contributed by atoms with Crippen LogP contribution >= 0.6 is 0 Å². The molecular weight excluding hydrogens is 860 g/mol. The standard InChI is InChI=1S/C67H57BN2O/c1-38-19-56-52-16-17-53-55-27-47-9-5-6-10-48(47)28-61(55)71-65(53)64(52)70(51-14-11-46(12-15-51)45-7-3-2-4-8-45)68-58-31-50(67-35-42-24-43(36-67)26-44(25-42)37-67)30-57-54-29-49(66-32-39-21-40(33-66)23-41(22-39)34-66)13-18-59(54)69(63(57)58)60(20-38)62(56)68/h2-20,27-31,39-44H,21-26,32-37H2,1H3. The Balaban J connectivity index is 0.948. The molecule has 4 heteroatoms. The monoisotopic (exact) mass is 916 g/mol. The van der Waals surface area contributed by atoms with Crippen LogP contribution in [0.5, 0.6) is 0 Å². The lowest BCUT2D eigenvalue weighted by atomic mass is 9.42. The van der Waals surface area contributed by atoms with Crippen molar-refractivity contribution < 1.29 is 4.42 Å². The highest BCUT2D eigenvalue weighted by Gasteiger charge is 2.54. The Kier molecular flexibility index (Phi) is 7.44. The van der Waals surface area contributed by atoms with Gasteiger partial charge >= 0.3 is 6.85 Å². The molecule has 0 spiro atoms. The Morgan fingerprint density at radius 1 is 0.507 bits per heavy atom. The summed E-state index contributed by atoms with van der Waals surface area (Å²) in [6.45, 7) is 2.26. The Morgan fingerprint density at radius 3 is 1.82 bits per heavy atom. The van der Waals surface area contributed by atoms with Crippen LogP contribution in [0.4, 0.5) is 11.4 Å². The molecule has 2 aromatic heterocycles. The van der Waals surface area contributed by atoms with Gasteiger partial charge in [0.1, 0.15) is 5.58 Å². The van der Waals surface area contributed by atoms with Crippen molar-refractivity contribution in [3.63, 3.8) is 0 Å². The van der Waals surface area contributed by atoms with Crippen molar-refractivity contribution in [2.24, 2.45) is 35.5 Å². The number of anilines is 2. The number of furan rings is 1. The first-order chi connectivity index (χ1) is 34.9. The zero-order chi connectivity index (χ0) is 46.1. The fraction of sp³-hybridized carbons (Fsp3) is 0.313. The average molecular weight is 917 g/mol. The molecule has 0 atom stereocenters. The van der Waals surface area contributed by atoms with Crippen molar-refractivity contribution in [3.8, 4) is 27.9 Å². The van der Waals surface area contributed by atoms with Gasteiger partial charge in [-0.2, -0.15) is 0 Å². The normalized spacial score (nSPS) is 28.3. The number of nitrogens with zero attached hydrogens (tertiary/aromatic N) is 2. The van der Waals surface area contributed by atoms with Crippen LogP contribution in [0.15, 0.2) is 150 Å². The van der Waals surface area contributed by atoms with Crippen LogP contribution in [0.3, 0.4) is 0 Å². The fourth-order valence-electron chi connectivity index (χ4n) is 18.9. The molecule has 0 radical (unpaired) electrons. The summed E-state index contributed by atoms with van der Waals surface area (Å²) in [5.74, 6) is 5.34. The van der Waals surface area contributed by atoms with Crippen molar-refractivity contribution in [1.82, 2.24) is 4.57 Å². The minimum atomic E-state index is -0.0654. The minimum Gasteiger partial charge on any atom is -0.454 e. The van der Waals surface area contributed by atoms with E-state index in [1.807, 2.05) is 0 Å². The summed E-state index contributed by atoms with van der Waals surface area (Å²) in [6.07, 6.45) is 17.0. The van der Waals surface area contributed by atoms with Gasteiger partial charge in [-0.25, -0.2) is 0 Å². The van der Waals surface area contributed by atoms with E-state index in [0.29, 0.717) is 5.41 Å². The lowest BCUT2D eigenvalue weighted by Gasteiger charge is -2.57.